The number of carbonyl (C=O) groups is 1. The number of amides is 1. The summed E-state index contributed by atoms with van der Waals surface area (Å²) in [7, 11) is 3.54. The van der Waals surface area contributed by atoms with Crippen molar-refractivity contribution < 1.29 is 9.18 Å². The molecule has 8 heteroatoms. The van der Waals surface area contributed by atoms with Crippen LogP contribution in [0.4, 0.5) is 10.2 Å². The molecular formula is C23H21FN6O. The standard InChI is InChI=1S/C23H21FN6O/c1-14-10-20(23(31)27-21-9-8-17(13-26-21)22(25)29(2)3)30(28-14)19-12-16-7-5-4-6-15(16)11-18(19)24/h4-13,25H,1-3H3,(H,26,27,31). The topological polar surface area (TPSA) is 86.9 Å². The zero-order chi connectivity index (χ0) is 22.1. The Kier molecular flexibility index (Phi) is 5.21. The molecule has 2 heterocycles. The molecule has 7 nitrogen and oxygen atoms in total. The summed E-state index contributed by atoms with van der Waals surface area (Å²) in [6.45, 7) is 1.74. The van der Waals surface area contributed by atoms with Gasteiger partial charge in [0, 0.05) is 25.9 Å². The van der Waals surface area contributed by atoms with E-state index in [0.29, 0.717) is 22.9 Å². The van der Waals surface area contributed by atoms with Gasteiger partial charge in [-0.1, -0.05) is 24.3 Å². The number of fused-ring (bicyclic) bond motifs is 1. The van der Waals surface area contributed by atoms with Crippen LogP contribution in [0.2, 0.25) is 0 Å². The third-order valence-electron chi connectivity index (χ3n) is 4.83. The summed E-state index contributed by atoms with van der Waals surface area (Å²) >= 11 is 0. The van der Waals surface area contributed by atoms with Crippen LogP contribution in [0.1, 0.15) is 21.7 Å². The molecule has 156 valence electrons. The highest BCUT2D eigenvalue weighted by molar-refractivity contribution is 6.03. The second-order valence-corrected chi connectivity index (χ2v) is 7.36. The summed E-state index contributed by atoms with van der Waals surface area (Å²) in [5.74, 6) is -0.299. The number of aromatic nitrogens is 3. The highest BCUT2D eigenvalue weighted by atomic mass is 19.1. The van der Waals surface area contributed by atoms with Crippen molar-refractivity contribution in [3.8, 4) is 5.69 Å². The zero-order valence-corrected chi connectivity index (χ0v) is 17.3. The molecule has 0 aliphatic rings. The van der Waals surface area contributed by atoms with Gasteiger partial charge in [-0.05, 0) is 48.0 Å². The number of carbonyl (C=O) groups excluding carboxylic acids is 1. The molecule has 2 aromatic carbocycles. The Labute approximate surface area is 178 Å². The maximum Gasteiger partial charge on any atom is 0.275 e. The maximum atomic E-state index is 14.8. The van der Waals surface area contributed by atoms with Crippen LogP contribution in [-0.2, 0) is 0 Å². The summed E-state index contributed by atoms with van der Waals surface area (Å²) in [6, 6.07) is 15.5. The lowest BCUT2D eigenvalue weighted by atomic mass is 10.1. The van der Waals surface area contributed by atoms with E-state index in [1.54, 1.807) is 50.2 Å². The lowest BCUT2D eigenvalue weighted by Crippen LogP contribution is -2.22. The lowest BCUT2D eigenvalue weighted by Gasteiger charge is -2.13. The first-order chi connectivity index (χ1) is 14.8. The summed E-state index contributed by atoms with van der Waals surface area (Å²) in [5.41, 5.74) is 1.60. The SMILES string of the molecule is Cc1cc(C(=O)Nc2ccc(C(=N)N(C)C)cn2)n(-c2cc3ccccc3cc2F)n1. The van der Waals surface area contributed by atoms with E-state index in [0.717, 1.165) is 10.8 Å². The molecule has 0 aliphatic carbocycles. The molecule has 0 spiro atoms. The number of nitrogens with one attached hydrogen (secondary N) is 2. The van der Waals surface area contributed by atoms with Gasteiger partial charge in [-0.15, -0.1) is 0 Å². The first-order valence-corrected chi connectivity index (χ1v) is 9.62. The number of rotatable bonds is 4. The minimum Gasteiger partial charge on any atom is -0.363 e. The van der Waals surface area contributed by atoms with Gasteiger partial charge in [0.1, 0.15) is 28.9 Å². The third-order valence-corrected chi connectivity index (χ3v) is 4.83. The van der Waals surface area contributed by atoms with Crippen molar-refractivity contribution in [1.29, 1.82) is 5.41 Å². The molecule has 0 saturated carbocycles. The van der Waals surface area contributed by atoms with Gasteiger partial charge in [-0.3, -0.25) is 10.2 Å². The predicted molar refractivity (Wildman–Crippen MR) is 118 cm³/mol. The molecule has 31 heavy (non-hydrogen) atoms. The fourth-order valence-electron chi connectivity index (χ4n) is 3.25. The number of anilines is 1. The monoisotopic (exact) mass is 416 g/mol. The average molecular weight is 416 g/mol. The van der Waals surface area contributed by atoms with E-state index in [4.69, 9.17) is 5.41 Å². The summed E-state index contributed by atoms with van der Waals surface area (Å²) in [6.07, 6.45) is 1.52. The van der Waals surface area contributed by atoms with Gasteiger partial charge in [0.25, 0.3) is 5.91 Å². The fraction of sp³-hybridized carbons (Fsp3) is 0.130. The van der Waals surface area contributed by atoms with Gasteiger partial charge in [0.2, 0.25) is 0 Å². The Hall–Kier alpha value is -4.07. The molecule has 0 bridgehead atoms. The van der Waals surface area contributed by atoms with Crippen molar-refractivity contribution in [2.45, 2.75) is 6.92 Å². The number of hydrogen-bond donors (Lipinski definition) is 2. The number of halogens is 1. The maximum absolute atomic E-state index is 14.8. The van der Waals surface area contributed by atoms with Gasteiger partial charge in [-0.25, -0.2) is 14.1 Å². The number of benzene rings is 2. The van der Waals surface area contributed by atoms with Crippen LogP contribution in [0.3, 0.4) is 0 Å². The molecule has 0 fully saturated rings. The van der Waals surface area contributed by atoms with Crippen LogP contribution in [0.5, 0.6) is 0 Å². The van der Waals surface area contributed by atoms with E-state index in [1.165, 1.54) is 16.9 Å². The first-order valence-electron chi connectivity index (χ1n) is 9.62. The number of amidine groups is 1. The van der Waals surface area contributed by atoms with Gasteiger partial charge in [0.05, 0.1) is 5.69 Å². The highest BCUT2D eigenvalue weighted by Crippen LogP contribution is 2.24. The van der Waals surface area contributed by atoms with Crippen molar-refractivity contribution in [2.24, 2.45) is 0 Å². The molecule has 0 saturated heterocycles. The van der Waals surface area contributed by atoms with Gasteiger partial charge < -0.3 is 10.2 Å². The van der Waals surface area contributed by atoms with E-state index in [9.17, 15) is 9.18 Å². The minimum atomic E-state index is -0.472. The molecular weight excluding hydrogens is 395 g/mol. The van der Waals surface area contributed by atoms with Crippen molar-refractivity contribution in [3.05, 3.63) is 83.6 Å². The molecule has 2 N–H and O–H groups in total. The summed E-state index contributed by atoms with van der Waals surface area (Å²) < 4.78 is 16.1. The quantitative estimate of drug-likeness (QED) is 0.389. The zero-order valence-electron chi connectivity index (χ0n) is 17.3. The fourth-order valence-corrected chi connectivity index (χ4v) is 3.25. The van der Waals surface area contributed by atoms with Crippen molar-refractivity contribution in [1.82, 2.24) is 19.7 Å². The van der Waals surface area contributed by atoms with Crippen LogP contribution in [0.15, 0.2) is 60.8 Å². The third kappa shape index (κ3) is 4.00. The van der Waals surface area contributed by atoms with Gasteiger partial charge in [0.15, 0.2) is 0 Å². The Morgan fingerprint density at radius 3 is 2.45 bits per heavy atom. The van der Waals surface area contributed by atoms with Gasteiger partial charge >= 0.3 is 0 Å². The number of nitrogens with zero attached hydrogens (tertiary/aromatic N) is 4. The van der Waals surface area contributed by atoms with E-state index in [-0.39, 0.29) is 11.4 Å². The predicted octanol–water partition coefficient (Wildman–Crippen LogP) is 4.01. The van der Waals surface area contributed by atoms with E-state index in [1.807, 2.05) is 24.3 Å². The first kappa shape index (κ1) is 20.2. The Bertz CT molecular complexity index is 1290. The largest absolute Gasteiger partial charge is 0.363 e. The second-order valence-electron chi connectivity index (χ2n) is 7.36. The van der Waals surface area contributed by atoms with E-state index < -0.39 is 11.7 Å². The van der Waals surface area contributed by atoms with Crippen LogP contribution in [0, 0.1) is 18.2 Å². The molecule has 0 aliphatic heterocycles. The summed E-state index contributed by atoms with van der Waals surface area (Å²) in [5, 5.41) is 16.6. The Morgan fingerprint density at radius 1 is 1.10 bits per heavy atom. The average Bonchev–Trinajstić information content (AvgIpc) is 3.14. The van der Waals surface area contributed by atoms with Gasteiger partial charge in [-0.2, -0.15) is 5.10 Å². The van der Waals surface area contributed by atoms with Crippen LogP contribution < -0.4 is 5.32 Å². The summed E-state index contributed by atoms with van der Waals surface area (Å²) in [4.78, 5) is 18.8. The van der Waals surface area contributed by atoms with Crippen LogP contribution in [0.25, 0.3) is 16.5 Å². The molecule has 0 radical (unpaired) electrons. The molecule has 1 amide bonds. The van der Waals surface area contributed by atoms with E-state index in [2.05, 4.69) is 15.4 Å². The second kappa shape index (κ2) is 7.98. The minimum absolute atomic E-state index is 0.193. The van der Waals surface area contributed by atoms with Crippen molar-refractivity contribution in [2.75, 3.05) is 19.4 Å². The molecule has 2 aromatic heterocycles. The van der Waals surface area contributed by atoms with E-state index >= 15 is 0 Å². The molecule has 4 aromatic rings. The van der Waals surface area contributed by atoms with Crippen molar-refractivity contribution in [3.63, 3.8) is 0 Å². The number of hydrogen-bond acceptors (Lipinski definition) is 4. The van der Waals surface area contributed by atoms with Crippen LogP contribution in [-0.4, -0.2) is 45.5 Å². The Morgan fingerprint density at radius 2 is 1.81 bits per heavy atom. The Balaban J connectivity index is 1.65. The van der Waals surface area contributed by atoms with Crippen molar-refractivity contribution >= 4 is 28.3 Å². The van der Waals surface area contributed by atoms with Crippen LogP contribution >= 0.6 is 0 Å². The molecule has 0 unspecified atom stereocenters. The smallest absolute Gasteiger partial charge is 0.275 e. The lowest BCUT2D eigenvalue weighted by molar-refractivity contribution is 0.101. The normalized spacial score (nSPS) is 10.8. The molecule has 0 atom stereocenters. The number of aryl methyl sites for hydroxylation is 1. The number of pyridine rings is 1. The molecule has 4 rings (SSSR count). The highest BCUT2D eigenvalue weighted by Gasteiger charge is 2.19.